The van der Waals surface area contributed by atoms with E-state index in [9.17, 15) is 8.42 Å². The van der Waals surface area contributed by atoms with Gasteiger partial charge in [0.15, 0.2) is 5.65 Å². The van der Waals surface area contributed by atoms with Crippen molar-refractivity contribution in [2.45, 2.75) is 43.6 Å². The molecule has 1 atom stereocenters. The molecule has 1 aliphatic carbocycles. The molecule has 1 aromatic carbocycles. The first-order valence-corrected chi connectivity index (χ1v) is 12.3. The fourth-order valence-corrected chi connectivity index (χ4v) is 4.75. The Morgan fingerprint density at radius 3 is 2.63 bits per heavy atom. The van der Waals surface area contributed by atoms with E-state index in [1.54, 1.807) is 6.33 Å². The van der Waals surface area contributed by atoms with Gasteiger partial charge in [0.1, 0.15) is 6.33 Å². The van der Waals surface area contributed by atoms with Crippen molar-refractivity contribution in [3.63, 3.8) is 0 Å². The van der Waals surface area contributed by atoms with Gasteiger partial charge in [-0.05, 0) is 43.2 Å². The average Bonchev–Trinajstić information content (AvgIpc) is 3.23. The van der Waals surface area contributed by atoms with Crippen molar-refractivity contribution in [1.82, 2.24) is 19.3 Å². The standard InChI is InChI=1S/C22H28N4O3S/c1-30(27,28)24-14-19(21-8-5-13-26-16-23-25-22(21)26)15-29-20-11-9-18(10-12-20)17-6-3-2-4-7-17/h2-8,13,16,18-20,24H,9-12,14-15H2,1H3. The van der Waals surface area contributed by atoms with Crippen molar-refractivity contribution < 1.29 is 13.2 Å². The lowest BCUT2D eigenvalue weighted by atomic mass is 9.83. The van der Waals surface area contributed by atoms with Gasteiger partial charge in [-0.1, -0.05) is 36.4 Å². The van der Waals surface area contributed by atoms with Gasteiger partial charge in [0, 0.05) is 24.2 Å². The largest absolute Gasteiger partial charge is 0.378 e. The molecule has 7 nitrogen and oxygen atoms in total. The first-order chi connectivity index (χ1) is 14.5. The van der Waals surface area contributed by atoms with Crippen LogP contribution in [-0.4, -0.2) is 48.5 Å². The van der Waals surface area contributed by atoms with E-state index in [2.05, 4.69) is 45.3 Å². The molecule has 0 radical (unpaired) electrons. The van der Waals surface area contributed by atoms with Gasteiger partial charge in [0.2, 0.25) is 10.0 Å². The summed E-state index contributed by atoms with van der Waals surface area (Å²) in [6, 6.07) is 14.6. The molecule has 0 spiro atoms. The lowest BCUT2D eigenvalue weighted by Gasteiger charge is -2.30. The maximum Gasteiger partial charge on any atom is 0.208 e. The molecule has 0 bridgehead atoms. The number of hydrogen-bond donors (Lipinski definition) is 1. The number of nitrogens with zero attached hydrogens (tertiary/aromatic N) is 3. The second-order valence-electron chi connectivity index (χ2n) is 8.06. The van der Waals surface area contributed by atoms with Crippen LogP contribution in [-0.2, 0) is 14.8 Å². The monoisotopic (exact) mass is 428 g/mol. The normalized spacial score (nSPS) is 21.0. The Balaban J connectivity index is 1.41. The molecule has 30 heavy (non-hydrogen) atoms. The highest BCUT2D eigenvalue weighted by Gasteiger charge is 2.25. The van der Waals surface area contributed by atoms with Crippen LogP contribution < -0.4 is 4.72 Å². The van der Waals surface area contributed by atoms with Crippen LogP contribution in [0.4, 0.5) is 0 Å². The van der Waals surface area contributed by atoms with E-state index in [4.69, 9.17) is 4.74 Å². The number of hydrogen-bond acceptors (Lipinski definition) is 5. The molecule has 1 aliphatic rings. The summed E-state index contributed by atoms with van der Waals surface area (Å²) in [4.78, 5) is 0. The van der Waals surface area contributed by atoms with Crippen LogP contribution in [0.25, 0.3) is 5.65 Å². The summed E-state index contributed by atoms with van der Waals surface area (Å²) in [6.45, 7) is 0.709. The number of nitrogens with one attached hydrogen (secondary N) is 1. The van der Waals surface area contributed by atoms with Crippen molar-refractivity contribution in [3.05, 3.63) is 66.1 Å². The van der Waals surface area contributed by atoms with E-state index in [1.165, 1.54) is 11.8 Å². The van der Waals surface area contributed by atoms with Gasteiger partial charge in [-0.2, -0.15) is 0 Å². The quantitative estimate of drug-likeness (QED) is 0.596. The molecule has 1 fully saturated rings. The number of sulfonamides is 1. The summed E-state index contributed by atoms with van der Waals surface area (Å²) in [7, 11) is -3.30. The predicted octanol–water partition coefficient (Wildman–Crippen LogP) is 3.11. The van der Waals surface area contributed by atoms with Crippen molar-refractivity contribution in [2.24, 2.45) is 0 Å². The third-order valence-corrected chi connectivity index (χ3v) is 6.55. The highest BCUT2D eigenvalue weighted by atomic mass is 32.2. The Morgan fingerprint density at radius 2 is 1.90 bits per heavy atom. The molecule has 1 saturated carbocycles. The van der Waals surface area contributed by atoms with E-state index in [-0.39, 0.29) is 18.6 Å². The molecule has 2 aromatic heterocycles. The van der Waals surface area contributed by atoms with Crippen LogP contribution in [0.2, 0.25) is 0 Å². The molecule has 8 heteroatoms. The fraction of sp³-hybridized carbons (Fsp3) is 0.455. The minimum absolute atomic E-state index is 0.139. The molecular weight excluding hydrogens is 400 g/mol. The smallest absolute Gasteiger partial charge is 0.208 e. The van der Waals surface area contributed by atoms with Gasteiger partial charge in [-0.25, -0.2) is 13.1 Å². The Kier molecular flexibility index (Phi) is 6.46. The van der Waals surface area contributed by atoms with Crippen molar-refractivity contribution in [2.75, 3.05) is 19.4 Å². The lowest BCUT2D eigenvalue weighted by molar-refractivity contribution is 0.0171. The molecule has 1 N–H and O–H groups in total. The molecule has 0 amide bonds. The molecule has 4 rings (SSSR count). The van der Waals surface area contributed by atoms with Gasteiger partial charge < -0.3 is 4.74 Å². The first-order valence-electron chi connectivity index (χ1n) is 10.4. The summed E-state index contributed by atoms with van der Waals surface area (Å²) >= 11 is 0. The van der Waals surface area contributed by atoms with Crippen LogP contribution in [0.5, 0.6) is 0 Å². The SMILES string of the molecule is CS(=O)(=O)NCC(COC1CCC(c2ccccc2)CC1)c1cccn2cnnc12. The molecule has 2 heterocycles. The zero-order chi connectivity index (χ0) is 21.0. The van der Waals surface area contributed by atoms with E-state index in [1.807, 2.05) is 22.7 Å². The molecule has 0 saturated heterocycles. The van der Waals surface area contributed by atoms with Crippen LogP contribution in [0.1, 0.15) is 48.6 Å². The summed E-state index contributed by atoms with van der Waals surface area (Å²) in [5.74, 6) is 0.456. The third kappa shape index (κ3) is 5.24. The zero-order valence-corrected chi connectivity index (χ0v) is 18.0. The van der Waals surface area contributed by atoms with Crippen molar-refractivity contribution in [3.8, 4) is 0 Å². The Bertz CT molecular complexity index is 1060. The van der Waals surface area contributed by atoms with Gasteiger partial charge in [-0.15, -0.1) is 10.2 Å². The maximum absolute atomic E-state index is 11.7. The second kappa shape index (κ2) is 9.24. The molecule has 3 aromatic rings. The van der Waals surface area contributed by atoms with Crippen LogP contribution >= 0.6 is 0 Å². The van der Waals surface area contributed by atoms with Gasteiger partial charge in [0.05, 0.1) is 19.0 Å². The number of fused-ring (bicyclic) bond motifs is 1. The lowest BCUT2D eigenvalue weighted by Crippen LogP contribution is -2.31. The summed E-state index contributed by atoms with van der Waals surface area (Å²) in [5, 5.41) is 8.18. The number of aromatic nitrogens is 3. The van der Waals surface area contributed by atoms with Crippen LogP contribution in [0.3, 0.4) is 0 Å². The van der Waals surface area contributed by atoms with Gasteiger partial charge in [0.25, 0.3) is 0 Å². The predicted molar refractivity (Wildman–Crippen MR) is 116 cm³/mol. The minimum Gasteiger partial charge on any atom is -0.378 e. The zero-order valence-electron chi connectivity index (χ0n) is 17.1. The second-order valence-corrected chi connectivity index (χ2v) is 9.89. The van der Waals surface area contributed by atoms with E-state index >= 15 is 0 Å². The van der Waals surface area contributed by atoms with Crippen molar-refractivity contribution >= 4 is 15.7 Å². The average molecular weight is 429 g/mol. The summed E-state index contributed by atoms with van der Waals surface area (Å²) < 4.78 is 34.1. The van der Waals surface area contributed by atoms with Crippen molar-refractivity contribution in [1.29, 1.82) is 0 Å². The number of ether oxygens (including phenoxy) is 1. The Morgan fingerprint density at radius 1 is 1.13 bits per heavy atom. The molecular formula is C22H28N4O3S. The highest BCUT2D eigenvalue weighted by molar-refractivity contribution is 7.88. The maximum atomic E-state index is 11.7. The fourth-order valence-electron chi connectivity index (χ4n) is 4.24. The third-order valence-electron chi connectivity index (χ3n) is 5.86. The molecule has 160 valence electrons. The number of rotatable bonds is 8. The highest BCUT2D eigenvalue weighted by Crippen LogP contribution is 2.34. The first kappa shape index (κ1) is 21.0. The van der Waals surface area contributed by atoms with Gasteiger partial charge in [-0.3, -0.25) is 4.40 Å². The van der Waals surface area contributed by atoms with E-state index in [0.717, 1.165) is 36.9 Å². The topological polar surface area (TPSA) is 85.6 Å². The minimum atomic E-state index is -3.30. The number of pyridine rings is 1. The van der Waals surface area contributed by atoms with E-state index < -0.39 is 10.0 Å². The molecule has 1 unspecified atom stereocenters. The summed E-state index contributed by atoms with van der Waals surface area (Å²) in [6.07, 6.45) is 9.15. The van der Waals surface area contributed by atoms with Crippen LogP contribution in [0, 0.1) is 0 Å². The molecule has 0 aliphatic heterocycles. The van der Waals surface area contributed by atoms with E-state index in [0.29, 0.717) is 12.5 Å². The van der Waals surface area contributed by atoms with Crippen LogP contribution in [0.15, 0.2) is 55.0 Å². The van der Waals surface area contributed by atoms with Gasteiger partial charge >= 0.3 is 0 Å². The Hall–Kier alpha value is -2.29. The summed E-state index contributed by atoms with van der Waals surface area (Å²) in [5.41, 5.74) is 3.07. The number of benzene rings is 1. The Labute approximate surface area is 177 Å².